The van der Waals surface area contributed by atoms with Crippen molar-refractivity contribution < 1.29 is 9.59 Å². The summed E-state index contributed by atoms with van der Waals surface area (Å²) in [5.74, 6) is 2.62. The van der Waals surface area contributed by atoms with E-state index in [1.807, 2.05) is 23.5 Å². The third-order valence-corrected chi connectivity index (χ3v) is 9.14. The third-order valence-electron chi connectivity index (χ3n) is 6.53. The second-order valence-corrected chi connectivity index (χ2v) is 13.8. The van der Waals surface area contributed by atoms with Gasteiger partial charge in [-0.2, -0.15) is 23.5 Å². The first-order chi connectivity index (χ1) is 14.8. The van der Waals surface area contributed by atoms with Crippen LogP contribution in [-0.4, -0.2) is 33.6 Å². The van der Waals surface area contributed by atoms with Crippen LogP contribution in [0.4, 0.5) is 0 Å². The largest absolute Gasteiger partial charge is 0.294 e. The molecule has 2 aliphatic rings. The van der Waals surface area contributed by atoms with E-state index in [-0.39, 0.29) is 10.8 Å². The van der Waals surface area contributed by atoms with E-state index < -0.39 is 0 Å². The van der Waals surface area contributed by atoms with Crippen LogP contribution in [-0.2, 0) is 9.59 Å². The van der Waals surface area contributed by atoms with Gasteiger partial charge in [-0.3, -0.25) is 9.59 Å². The lowest BCUT2D eigenvalue weighted by Gasteiger charge is -2.31. The highest BCUT2D eigenvalue weighted by Gasteiger charge is 2.32. The van der Waals surface area contributed by atoms with Crippen LogP contribution in [0.1, 0.15) is 81.1 Å². The molecule has 2 unspecified atom stereocenters. The quantitative estimate of drug-likeness (QED) is 0.287. The standard InChI is InChI=1S/C28H42O2S2/c1-19-11-9-13-27(5,6)25(19)23(29)17-21(3)31-15-16-32-22(4)18-24(30)26-20(2)12-10-14-28(26,7)8/h9-12,21-22H,13-18H2,1-8H3. The molecular weight excluding hydrogens is 432 g/mol. The second kappa shape index (κ2) is 11.4. The summed E-state index contributed by atoms with van der Waals surface area (Å²) in [6.07, 6.45) is 11.6. The molecule has 0 spiro atoms. The fourth-order valence-electron chi connectivity index (χ4n) is 5.04. The molecule has 2 atom stereocenters. The van der Waals surface area contributed by atoms with Gasteiger partial charge >= 0.3 is 0 Å². The number of allylic oxidation sites excluding steroid dienone is 8. The third kappa shape index (κ3) is 7.25. The van der Waals surface area contributed by atoms with E-state index in [0.29, 0.717) is 34.9 Å². The van der Waals surface area contributed by atoms with E-state index in [1.165, 1.54) is 0 Å². The molecule has 2 nitrogen and oxygen atoms in total. The smallest absolute Gasteiger partial charge is 0.160 e. The first-order valence-corrected chi connectivity index (χ1v) is 14.0. The predicted molar refractivity (Wildman–Crippen MR) is 144 cm³/mol. The van der Waals surface area contributed by atoms with E-state index in [4.69, 9.17) is 0 Å². The van der Waals surface area contributed by atoms with Crippen LogP contribution in [0.3, 0.4) is 0 Å². The Hall–Kier alpha value is -1.00. The summed E-state index contributed by atoms with van der Waals surface area (Å²) >= 11 is 3.75. The highest BCUT2D eigenvalue weighted by Crippen LogP contribution is 2.39. The van der Waals surface area contributed by atoms with E-state index in [9.17, 15) is 9.59 Å². The van der Waals surface area contributed by atoms with E-state index in [1.54, 1.807) is 0 Å². The highest BCUT2D eigenvalue weighted by molar-refractivity contribution is 8.03. The number of thioether (sulfide) groups is 2. The van der Waals surface area contributed by atoms with Crippen molar-refractivity contribution in [1.29, 1.82) is 0 Å². The molecule has 0 bridgehead atoms. The van der Waals surface area contributed by atoms with Crippen LogP contribution >= 0.6 is 23.5 Å². The van der Waals surface area contributed by atoms with Gasteiger partial charge in [-0.05, 0) is 48.7 Å². The van der Waals surface area contributed by atoms with Gasteiger partial charge in [0.1, 0.15) is 0 Å². The molecule has 2 aliphatic carbocycles. The summed E-state index contributed by atoms with van der Waals surface area (Å²) < 4.78 is 0. The Morgan fingerprint density at radius 1 is 0.781 bits per heavy atom. The van der Waals surface area contributed by atoms with Crippen molar-refractivity contribution in [1.82, 2.24) is 0 Å². The van der Waals surface area contributed by atoms with Gasteiger partial charge in [0, 0.05) is 46.0 Å². The number of hydrogen-bond donors (Lipinski definition) is 0. The fourth-order valence-corrected chi connectivity index (χ4v) is 7.15. The number of carbonyl (C=O) groups excluding carboxylic acids is 2. The maximum Gasteiger partial charge on any atom is 0.160 e. The first kappa shape index (κ1) is 27.2. The molecule has 0 N–H and O–H groups in total. The Morgan fingerprint density at radius 2 is 1.12 bits per heavy atom. The van der Waals surface area contributed by atoms with Gasteiger partial charge in [0.2, 0.25) is 0 Å². The minimum Gasteiger partial charge on any atom is -0.294 e. The zero-order valence-corrected chi connectivity index (χ0v) is 23.0. The summed E-state index contributed by atoms with van der Waals surface area (Å²) in [7, 11) is 0. The van der Waals surface area contributed by atoms with Crippen LogP contribution in [0.15, 0.2) is 46.6 Å². The summed E-state index contributed by atoms with van der Waals surface area (Å²) in [6, 6.07) is 0. The average Bonchev–Trinajstić information content (AvgIpc) is 2.63. The Labute approximate surface area is 204 Å². The number of rotatable bonds is 11. The number of carbonyl (C=O) groups is 2. The van der Waals surface area contributed by atoms with Gasteiger partial charge in [0.05, 0.1) is 0 Å². The molecular formula is C28H42O2S2. The van der Waals surface area contributed by atoms with Gasteiger partial charge < -0.3 is 0 Å². The molecule has 0 saturated carbocycles. The molecule has 0 aliphatic heterocycles. The lowest BCUT2D eigenvalue weighted by molar-refractivity contribution is -0.117. The fraction of sp³-hybridized carbons (Fsp3) is 0.643. The van der Waals surface area contributed by atoms with Crippen LogP contribution < -0.4 is 0 Å². The van der Waals surface area contributed by atoms with Gasteiger partial charge in [-0.15, -0.1) is 0 Å². The minimum atomic E-state index is -0.0609. The first-order valence-electron chi connectivity index (χ1n) is 11.9. The maximum absolute atomic E-state index is 13.0. The van der Waals surface area contributed by atoms with Crippen molar-refractivity contribution in [3.05, 3.63) is 46.6 Å². The number of ketones is 2. The lowest BCUT2D eigenvalue weighted by atomic mass is 9.73. The summed E-state index contributed by atoms with van der Waals surface area (Å²) in [5, 5.41) is 0.620. The zero-order chi connectivity index (χ0) is 24.1. The average molecular weight is 475 g/mol. The van der Waals surface area contributed by atoms with Crippen molar-refractivity contribution in [2.75, 3.05) is 11.5 Å². The minimum absolute atomic E-state index is 0.0609. The molecule has 0 fully saturated rings. The molecule has 4 heteroatoms. The molecule has 178 valence electrons. The number of hydrogen-bond acceptors (Lipinski definition) is 4. The van der Waals surface area contributed by atoms with Crippen molar-refractivity contribution in [2.45, 2.75) is 91.6 Å². The Morgan fingerprint density at radius 3 is 1.44 bits per heavy atom. The molecule has 2 rings (SSSR count). The van der Waals surface area contributed by atoms with E-state index in [0.717, 1.165) is 46.6 Å². The van der Waals surface area contributed by atoms with Gasteiger partial charge in [-0.25, -0.2) is 0 Å². The molecule has 0 radical (unpaired) electrons. The van der Waals surface area contributed by atoms with Gasteiger partial charge in [0.25, 0.3) is 0 Å². The van der Waals surface area contributed by atoms with Crippen LogP contribution in [0.25, 0.3) is 0 Å². The molecule has 32 heavy (non-hydrogen) atoms. The van der Waals surface area contributed by atoms with Gasteiger partial charge in [0.15, 0.2) is 11.6 Å². The monoisotopic (exact) mass is 474 g/mol. The number of Topliss-reactive ketones (excluding diaryl/α,β-unsaturated/α-hetero) is 2. The molecule has 0 aromatic rings. The molecule has 0 amide bonds. The molecule has 0 saturated heterocycles. The Kier molecular flexibility index (Phi) is 9.72. The summed E-state index contributed by atoms with van der Waals surface area (Å²) in [4.78, 5) is 25.9. The highest BCUT2D eigenvalue weighted by atomic mass is 32.2. The van der Waals surface area contributed by atoms with Crippen LogP contribution in [0, 0.1) is 10.8 Å². The molecule has 0 heterocycles. The van der Waals surface area contributed by atoms with Crippen LogP contribution in [0.5, 0.6) is 0 Å². The Balaban J connectivity index is 1.76. The molecule has 0 aromatic heterocycles. The normalized spacial score (nSPS) is 21.6. The van der Waals surface area contributed by atoms with E-state index in [2.05, 4.69) is 79.7 Å². The van der Waals surface area contributed by atoms with Crippen molar-refractivity contribution in [2.24, 2.45) is 10.8 Å². The van der Waals surface area contributed by atoms with Crippen molar-refractivity contribution in [3.8, 4) is 0 Å². The predicted octanol–water partition coefficient (Wildman–Crippen LogP) is 7.75. The maximum atomic E-state index is 13.0. The summed E-state index contributed by atoms with van der Waals surface area (Å²) in [6.45, 7) is 17.1. The topological polar surface area (TPSA) is 34.1 Å². The van der Waals surface area contributed by atoms with E-state index >= 15 is 0 Å². The van der Waals surface area contributed by atoms with Crippen molar-refractivity contribution >= 4 is 35.1 Å². The second-order valence-electron chi connectivity index (χ2n) is 10.7. The lowest BCUT2D eigenvalue weighted by Crippen LogP contribution is -2.26. The zero-order valence-electron chi connectivity index (χ0n) is 21.3. The van der Waals surface area contributed by atoms with Gasteiger partial charge in [-0.1, -0.05) is 65.8 Å². The SMILES string of the molecule is CC1=C(C(=O)CC(C)SCCSC(C)CC(=O)C2=C(C)C=CCC2(C)C)C(C)(C)CC=C1. The van der Waals surface area contributed by atoms with Crippen LogP contribution in [0.2, 0.25) is 0 Å². The Bertz CT molecular complexity index is 769. The summed E-state index contributed by atoms with van der Waals surface area (Å²) in [5.41, 5.74) is 4.15. The van der Waals surface area contributed by atoms with Crippen molar-refractivity contribution in [3.63, 3.8) is 0 Å². The molecule has 0 aromatic carbocycles.